The van der Waals surface area contributed by atoms with Crippen molar-refractivity contribution in [2.24, 2.45) is 0 Å². The van der Waals surface area contributed by atoms with Crippen LogP contribution in [-0.2, 0) is 0 Å². The number of aromatic nitrogens is 2. The van der Waals surface area contributed by atoms with E-state index in [9.17, 15) is 13.6 Å². The zero-order valence-electron chi connectivity index (χ0n) is 16.1. The van der Waals surface area contributed by atoms with Crippen LogP contribution in [0.15, 0.2) is 71.4 Å². The number of carbonyl (C=O) groups is 1. The number of halogens is 2. The van der Waals surface area contributed by atoms with E-state index in [2.05, 4.69) is 22.0 Å². The van der Waals surface area contributed by atoms with Crippen LogP contribution in [0.3, 0.4) is 0 Å². The van der Waals surface area contributed by atoms with Gasteiger partial charge in [0.05, 0.1) is 11.6 Å². The largest absolute Gasteiger partial charge is 0.334 e. The number of benzene rings is 2. The summed E-state index contributed by atoms with van der Waals surface area (Å²) in [6, 6.07) is 10.6. The lowest BCUT2D eigenvalue weighted by molar-refractivity contribution is 0.209. The summed E-state index contributed by atoms with van der Waals surface area (Å²) < 4.78 is 32.6. The molecule has 3 aromatic rings. The number of allylic oxidation sites excluding steroid dienone is 1. The first-order valence-corrected chi connectivity index (χ1v) is 9.23. The van der Waals surface area contributed by atoms with Crippen molar-refractivity contribution in [1.82, 2.24) is 20.4 Å². The predicted molar refractivity (Wildman–Crippen MR) is 107 cm³/mol. The van der Waals surface area contributed by atoms with Crippen LogP contribution in [0.1, 0.15) is 24.4 Å². The van der Waals surface area contributed by atoms with Crippen LogP contribution in [0.5, 0.6) is 0 Å². The number of amides is 2. The van der Waals surface area contributed by atoms with Crippen molar-refractivity contribution >= 4 is 11.6 Å². The van der Waals surface area contributed by atoms with Crippen LogP contribution < -0.4 is 5.32 Å². The highest BCUT2D eigenvalue weighted by molar-refractivity contribution is 5.87. The summed E-state index contributed by atoms with van der Waals surface area (Å²) in [5.41, 5.74) is 2.25. The third-order valence-corrected chi connectivity index (χ3v) is 4.85. The molecule has 2 amide bonds. The molecule has 0 saturated carbocycles. The third kappa shape index (κ3) is 3.59. The standard InChI is InChI=1S/C22H18F2N4O2/c1-3-11-28-13(2)18(19(25-22(28)29)15-5-4-6-17(24)12-15)21-26-20(27-30-21)14-7-9-16(23)10-8-14/h3-10,12,19H,1,11H2,2H3,(H,25,29). The molecule has 1 aromatic heterocycles. The minimum Gasteiger partial charge on any atom is -0.334 e. The van der Waals surface area contributed by atoms with Gasteiger partial charge in [-0.25, -0.2) is 13.6 Å². The Morgan fingerprint density at radius 2 is 1.97 bits per heavy atom. The predicted octanol–water partition coefficient (Wildman–Crippen LogP) is 4.70. The number of carbonyl (C=O) groups excluding carboxylic acids is 1. The molecule has 0 fully saturated rings. The Labute approximate surface area is 171 Å². The van der Waals surface area contributed by atoms with Crippen LogP contribution in [-0.4, -0.2) is 27.6 Å². The molecule has 152 valence electrons. The summed E-state index contributed by atoms with van der Waals surface area (Å²) >= 11 is 0. The molecule has 2 aromatic carbocycles. The molecule has 0 saturated heterocycles. The van der Waals surface area contributed by atoms with Crippen molar-refractivity contribution in [3.8, 4) is 11.4 Å². The fourth-order valence-corrected chi connectivity index (χ4v) is 3.39. The van der Waals surface area contributed by atoms with Gasteiger partial charge >= 0.3 is 6.03 Å². The average Bonchev–Trinajstić information content (AvgIpc) is 3.21. The lowest BCUT2D eigenvalue weighted by Gasteiger charge is -2.34. The molecule has 1 atom stereocenters. The molecule has 0 spiro atoms. The average molecular weight is 408 g/mol. The molecule has 1 aliphatic rings. The second kappa shape index (κ2) is 7.90. The summed E-state index contributed by atoms with van der Waals surface area (Å²) in [4.78, 5) is 18.6. The molecule has 2 heterocycles. The molecular formula is C22H18F2N4O2. The fraction of sp³-hybridized carbons (Fsp3) is 0.136. The van der Waals surface area contributed by atoms with Gasteiger partial charge in [0.25, 0.3) is 5.89 Å². The number of hydrogen-bond donors (Lipinski definition) is 1. The second-order valence-electron chi connectivity index (χ2n) is 6.77. The van der Waals surface area contributed by atoms with Crippen LogP contribution in [0.4, 0.5) is 13.6 Å². The van der Waals surface area contributed by atoms with Crippen molar-refractivity contribution in [1.29, 1.82) is 0 Å². The Morgan fingerprint density at radius 1 is 1.20 bits per heavy atom. The van der Waals surface area contributed by atoms with Crippen LogP contribution in [0.2, 0.25) is 0 Å². The summed E-state index contributed by atoms with van der Waals surface area (Å²) in [5, 5.41) is 6.86. The molecular weight excluding hydrogens is 390 g/mol. The third-order valence-electron chi connectivity index (χ3n) is 4.85. The van der Waals surface area contributed by atoms with Crippen molar-refractivity contribution in [2.45, 2.75) is 13.0 Å². The molecule has 0 bridgehead atoms. The number of nitrogens with zero attached hydrogens (tertiary/aromatic N) is 3. The van der Waals surface area contributed by atoms with E-state index in [1.165, 1.54) is 29.2 Å². The van der Waals surface area contributed by atoms with Crippen LogP contribution in [0, 0.1) is 11.6 Å². The molecule has 6 nitrogen and oxygen atoms in total. The van der Waals surface area contributed by atoms with Crippen molar-refractivity contribution in [2.75, 3.05) is 6.54 Å². The van der Waals surface area contributed by atoms with Gasteiger partial charge < -0.3 is 9.84 Å². The summed E-state index contributed by atoms with van der Waals surface area (Å²) in [6.45, 7) is 5.71. The SMILES string of the molecule is C=CCN1C(=O)NC(c2cccc(F)c2)C(c2nc(-c3ccc(F)cc3)no2)=C1C. The Bertz CT molecular complexity index is 1140. The quantitative estimate of drug-likeness (QED) is 0.622. The number of nitrogens with one attached hydrogen (secondary N) is 1. The van der Waals surface area contributed by atoms with Gasteiger partial charge in [0.15, 0.2) is 0 Å². The van der Waals surface area contributed by atoms with Gasteiger partial charge in [-0.15, -0.1) is 6.58 Å². The zero-order chi connectivity index (χ0) is 21.3. The first kappa shape index (κ1) is 19.5. The number of hydrogen-bond acceptors (Lipinski definition) is 4. The van der Waals surface area contributed by atoms with Crippen molar-refractivity contribution in [3.05, 3.63) is 90.0 Å². The smallest absolute Gasteiger partial charge is 0.322 e. The number of rotatable bonds is 5. The van der Waals surface area contributed by atoms with Gasteiger partial charge in [0.2, 0.25) is 5.82 Å². The monoisotopic (exact) mass is 408 g/mol. The molecule has 1 unspecified atom stereocenters. The van der Waals surface area contributed by atoms with Gasteiger partial charge in [-0.3, -0.25) is 4.90 Å². The Balaban J connectivity index is 1.82. The van der Waals surface area contributed by atoms with Gasteiger partial charge in [0.1, 0.15) is 11.6 Å². The van der Waals surface area contributed by atoms with E-state index < -0.39 is 11.9 Å². The topological polar surface area (TPSA) is 71.3 Å². The highest BCUT2D eigenvalue weighted by atomic mass is 19.1. The zero-order valence-corrected chi connectivity index (χ0v) is 16.1. The van der Waals surface area contributed by atoms with Crippen molar-refractivity contribution in [3.63, 3.8) is 0 Å². The van der Waals surface area contributed by atoms with Crippen LogP contribution >= 0.6 is 0 Å². The Morgan fingerprint density at radius 3 is 2.67 bits per heavy atom. The maximum absolute atomic E-state index is 13.9. The minimum absolute atomic E-state index is 0.176. The maximum Gasteiger partial charge on any atom is 0.322 e. The summed E-state index contributed by atoms with van der Waals surface area (Å²) in [7, 11) is 0. The first-order valence-electron chi connectivity index (χ1n) is 9.23. The molecule has 30 heavy (non-hydrogen) atoms. The highest BCUT2D eigenvalue weighted by Crippen LogP contribution is 2.37. The molecule has 0 aliphatic carbocycles. The van der Waals surface area contributed by atoms with Gasteiger partial charge in [-0.1, -0.05) is 23.4 Å². The minimum atomic E-state index is -0.684. The Kier molecular flexibility index (Phi) is 5.14. The molecule has 1 N–H and O–H groups in total. The van der Waals surface area contributed by atoms with E-state index in [4.69, 9.17) is 4.52 Å². The number of urea groups is 1. The van der Waals surface area contributed by atoms with E-state index >= 15 is 0 Å². The normalized spacial score (nSPS) is 16.6. The fourth-order valence-electron chi connectivity index (χ4n) is 3.39. The molecule has 4 rings (SSSR count). The lowest BCUT2D eigenvalue weighted by atomic mass is 9.94. The molecule has 8 heteroatoms. The van der Waals surface area contributed by atoms with E-state index in [0.29, 0.717) is 22.4 Å². The van der Waals surface area contributed by atoms with E-state index in [0.717, 1.165) is 0 Å². The van der Waals surface area contributed by atoms with E-state index in [1.807, 2.05) is 0 Å². The van der Waals surface area contributed by atoms with E-state index in [1.54, 1.807) is 37.3 Å². The molecule has 1 aliphatic heterocycles. The highest BCUT2D eigenvalue weighted by Gasteiger charge is 2.35. The van der Waals surface area contributed by atoms with Crippen molar-refractivity contribution < 1.29 is 18.1 Å². The second-order valence-corrected chi connectivity index (χ2v) is 6.77. The van der Waals surface area contributed by atoms with E-state index in [-0.39, 0.29) is 30.1 Å². The van der Waals surface area contributed by atoms with Gasteiger partial charge in [0, 0.05) is 17.8 Å². The van der Waals surface area contributed by atoms with Gasteiger partial charge in [-0.2, -0.15) is 4.98 Å². The first-order chi connectivity index (χ1) is 14.5. The lowest BCUT2D eigenvalue weighted by Crippen LogP contribution is -2.46. The van der Waals surface area contributed by atoms with Crippen LogP contribution in [0.25, 0.3) is 17.0 Å². The van der Waals surface area contributed by atoms with Gasteiger partial charge in [-0.05, 0) is 48.9 Å². The summed E-state index contributed by atoms with van der Waals surface area (Å²) in [5.74, 6) is -0.349. The molecule has 0 radical (unpaired) electrons. The maximum atomic E-state index is 13.9. The summed E-state index contributed by atoms with van der Waals surface area (Å²) in [6.07, 6.45) is 1.60. The Hall–Kier alpha value is -3.81.